The predicted octanol–water partition coefficient (Wildman–Crippen LogP) is 2.71. The Morgan fingerprint density at radius 2 is 2.00 bits per heavy atom. The molecule has 3 heteroatoms. The predicted molar refractivity (Wildman–Crippen MR) is 69.8 cm³/mol. The highest BCUT2D eigenvalue weighted by Crippen LogP contribution is 2.28. The highest BCUT2D eigenvalue weighted by atomic mass is 19.1. The first-order valence-corrected chi connectivity index (χ1v) is 6.46. The molecule has 1 aliphatic heterocycles. The van der Waals surface area contributed by atoms with Gasteiger partial charge in [0.15, 0.2) is 0 Å². The van der Waals surface area contributed by atoms with Gasteiger partial charge in [-0.3, -0.25) is 0 Å². The molecule has 0 bridgehead atoms. The van der Waals surface area contributed by atoms with Crippen LogP contribution in [0.15, 0.2) is 18.2 Å². The Morgan fingerprint density at radius 3 is 2.65 bits per heavy atom. The van der Waals surface area contributed by atoms with Crippen LogP contribution in [-0.4, -0.2) is 19.1 Å². The van der Waals surface area contributed by atoms with E-state index in [0.29, 0.717) is 0 Å². The van der Waals surface area contributed by atoms with Gasteiger partial charge in [0, 0.05) is 19.1 Å². The zero-order valence-corrected chi connectivity index (χ0v) is 10.5. The molecule has 1 heterocycles. The maximum Gasteiger partial charge on any atom is 0.146 e. The lowest BCUT2D eigenvalue weighted by Gasteiger charge is -2.31. The number of piperidine rings is 1. The molecule has 0 radical (unpaired) electrons. The van der Waals surface area contributed by atoms with Crippen molar-refractivity contribution >= 4 is 5.69 Å². The van der Waals surface area contributed by atoms with Crippen molar-refractivity contribution < 1.29 is 4.39 Å². The van der Waals surface area contributed by atoms with Crippen molar-refractivity contribution in [3.63, 3.8) is 0 Å². The van der Waals surface area contributed by atoms with Gasteiger partial charge in [0.1, 0.15) is 5.82 Å². The third kappa shape index (κ3) is 2.97. The van der Waals surface area contributed by atoms with Gasteiger partial charge in [-0.1, -0.05) is 12.1 Å². The fourth-order valence-electron chi connectivity index (χ4n) is 2.54. The van der Waals surface area contributed by atoms with Gasteiger partial charge in [-0.2, -0.15) is 0 Å². The minimum absolute atomic E-state index is 0.0698. The van der Waals surface area contributed by atoms with Gasteiger partial charge in [-0.15, -0.1) is 0 Å². The van der Waals surface area contributed by atoms with Gasteiger partial charge in [-0.25, -0.2) is 4.39 Å². The van der Waals surface area contributed by atoms with Crippen LogP contribution in [0.4, 0.5) is 10.1 Å². The Kier molecular flexibility index (Phi) is 4.00. The first-order chi connectivity index (χ1) is 8.18. The molecule has 17 heavy (non-hydrogen) atoms. The van der Waals surface area contributed by atoms with E-state index in [2.05, 4.69) is 4.90 Å². The first kappa shape index (κ1) is 12.4. The summed E-state index contributed by atoms with van der Waals surface area (Å²) in [6.07, 6.45) is 4.31. The summed E-state index contributed by atoms with van der Waals surface area (Å²) in [5, 5.41) is 0. The molecule has 0 amide bonds. The van der Waals surface area contributed by atoms with E-state index in [9.17, 15) is 4.39 Å². The number of hydrogen-bond acceptors (Lipinski definition) is 2. The number of anilines is 1. The first-order valence-electron chi connectivity index (χ1n) is 6.46. The summed E-state index contributed by atoms with van der Waals surface area (Å²) in [4.78, 5) is 2.18. The van der Waals surface area contributed by atoms with Crippen LogP contribution in [-0.2, 0) is 6.42 Å². The van der Waals surface area contributed by atoms with E-state index >= 15 is 0 Å². The van der Waals surface area contributed by atoms with Crippen LogP contribution >= 0.6 is 0 Å². The van der Waals surface area contributed by atoms with E-state index < -0.39 is 0 Å². The Morgan fingerprint density at radius 1 is 1.29 bits per heavy atom. The molecule has 1 aliphatic rings. The summed E-state index contributed by atoms with van der Waals surface area (Å²) in [6, 6.07) is 5.39. The summed E-state index contributed by atoms with van der Waals surface area (Å²) >= 11 is 0. The number of benzene rings is 1. The summed E-state index contributed by atoms with van der Waals surface area (Å²) in [5.41, 5.74) is 7.66. The van der Waals surface area contributed by atoms with Crippen LogP contribution in [0.5, 0.6) is 0 Å². The van der Waals surface area contributed by atoms with Gasteiger partial charge >= 0.3 is 0 Å². The molecule has 0 aromatic heterocycles. The Balaban J connectivity index is 2.28. The van der Waals surface area contributed by atoms with Crippen molar-refractivity contribution in [1.29, 1.82) is 0 Å². The molecule has 1 saturated heterocycles. The number of hydrogen-bond donors (Lipinski definition) is 1. The lowest BCUT2D eigenvalue weighted by Crippen LogP contribution is -2.32. The second-order valence-electron chi connectivity index (χ2n) is 4.98. The molecule has 2 nitrogen and oxygen atoms in total. The van der Waals surface area contributed by atoms with Gasteiger partial charge in [-0.05, 0) is 44.2 Å². The van der Waals surface area contributed by atoms with Crippen LogP contribution in [0.3, 0.4) is 0 Å². The van der Waals surface area contributed by atoms with E-state index in [1.54, 1.807) is 12.1 Å². The third-order valence-electron chi connectivity index (χ3n) is 3.28. The summed E-state index contributed by atoms with van der Waals surface area (Å²) in [7, 11) is 0. The van der Waals surface area contributed by atoms with E-state index in [1.165, 1.54) is 6.42 Å². The minimum Gasteiger partial charge on any atom is -0.369 e. The average Bonchev–Trinajstić information content (AvgIpc) is 2.29. The summed E-state index contributed by atoms with van der Waals surface area (Å²) in [6.45, 7) is 3.89. The molecule has 1 fully saturated rings. The van der Waals surface area contributed by atoms with Crippen molar-refractivity contribution in [2.24, 2.45) is 5.73 Å². The molecule has 94 valence electrons. The highest BCUT2D eigenvalue weighted by Gasteiger charge is 2.18. The van der Waals surface area contributed by atoms with E-state index in [4.69, 9.17) is 5.73 Å². The lowest BCUT2D eigenvalue weighted by atomic mass is 10.0. The monoisotopic (exact) mass is 236 g/mol. The van der Waals surface area contributed by atoms with Crippen LogP contribution in [0.1, 0.15) is 31.7 Å². The van der Waals surface area contributed by atoms with Crippen molar-refractivity contribution in [2.45, 2.75) is 38.6 Å². The van der Waals surface area contributed by atoms with E-state index in [-0.39, 0.29) is 11.9 Å². The van der Waals surface area contributed by atoms with Crippen LogP contribution in [0.2, 0.25) is 0 Å². The van der Waals surface area contributed by atoms with Gasteiger partial charge in [0.2, 0.25) is 0 Å². The maximum atomic E-state index is 14.0. The number of para-hydroxylation sites is 1. The highest BCUT2D eigenvalue weighted by molar-refractivity contribution is 5.55. The minimum atomic E-state index is -0.106. The number of nitrogens with zero attached hydrogens (tertiary/aromatic N) is 1. The fraction of sp³-hybridized carbons (Fsp3) is 0.571. The van der Waals surface area contributed by atoms with Crippen LogP contribution in [0, 0.1) is 5.82 Å². The topological polar surface area (TPSA) is 29.3 Å². The maximum absolute atomic E-state index is 14.0. The average molecular weight is 236 g/mol. The molecule has 2 N–H and O–H groups in total. The second kappa shape index (κ2) is 5.50. The molecule has 1 unspecified atom stereocenters. The number of rotatable bonds is 3. The molecule has 0 saturated carbocycles. The summed E-state index contributed by atoms with van der Waals surface area (Å²) in [5.74, 6) is -0.106. The third-order valence-corrected chi connectivity index (χ3v) is 3.28. The number of halogens is 1. The molecular weight excluding hydrogens is 215 g/mol. The SMILES string of the molecule is CC(N)Cc1cccc(F)c1N1CCCCC1. The largest absolute Gasteiger partial charge is 0.369 e. The molecule has 0 aliphatic carbocycles. The van der Waals surface area contributed by atoms with Gasteiger partial charge in [0.25, 0.3) is 0 Å². The van der Waals surface area contributed by atoms with Crippen molar-refractivity contribution in [3.05, 3.63) is 29.6 Å². The standard InChI is InChI=1S/C14H21FN2/c1-11(16)10-12-6-5-7-13(15)14(12)17-8-3-2-4-9-17/h5-7,11H,2-4,8-10,16H2,1H3. The Bertz CT molecular complexity index is 370. The summed E-state index contributed by atoms with van der Waals surface area (Å²) < 4.78 is 14.0. The number of nitrogens with two attached hydrogens (primary N) is 1. The molecular formula is C14H21FN2. The normalized spacial score (nSPS) is 18.2. The Labute approximate surface area is 103 Å². The molecule has 1 aromatic rings. The van der Waals surface area contributed by atoms with Crippen molar-refractivity contribution in [3.8, 4) is 0 Å². The lowest BCUT2D eigenvalue weighted by molar-refractivity contribution is 0.553. The molecule has 2 rings (SSSR count). The zero-order chi connectivity index (χ0) is 12.3. The smallest absolute Gasteiger partial charge is 0.146 e. The van der Waals surface area contributed by atoms with Crippen LogP contribution < -0.4 is 10.6 Å². The Hall–Kier alpha value is -1.09. The molecule has 1 atom stereocenters. The van der Waals surface area contributed by atoms with Gasteiger partial charge in [0.05, 0.1) is 5.69 Å². The fourth-order valence-corrected chi connectivity index (χ4v) is 2.54. The zero-order valence-electron chi connectivity index (χ0n) is 10.5. The molecule has 1 aromatic carbocycles. The second-order valence-corrected chi connectivity index (χ2v) is 4.98. The van der Waals surface area contributed by atoms with Crippen molar-refractivity contribution in [1.82, 2.24) is 0 Å². The quantitative estimate of drug-likeness (QED) is 0.874. The van der Waals surface area contributed by atoms with Crippen molar-refractivity contribution in [2.75, 3.05) is 18.0 Å². The van der Waals surface area contributed by atoms with Crippen LogP contribution in [0.25, 0.3) is 0 Å². The van der Waals surface area contributed by atoms with Gasteiger partial charge < -0.3 is 10.6 Å². The van der Waals surface area contributed by atoms with E-state index in [1.807, 2.05) is 13.0 Å². The molecule has 0 spiro atoms. The van der Waals surface area contributed by atoms with E-state index in [0.717, 1.165) is 43.6 Å².